The molecule has 2 heteroatoms. The number of thioether (sulfide) groups is 1. The van der Waals surface area contributed by atoms with Gasteiger partial charge in [-0.05, 0) is 47.4 Å². The lowest BCUT2D eigenvalue weighted by Gasteiger charge is -2.05. The highest BCUT2D eigenvalue weighted by Gasteiger charge is 1.99. The minimum Gasteiger partial charge on any atom is -0.126 e. The summed E-state index contributed by atoms with van der Waals surface area (Å²) in [6, 6.07) is 27.9. The van der Waals surface area contributed by atoms with Crippen LogP contribution < -0.4 is 0 Å². The van der Waals surface area contributed by atoms with Crippen LogP contribution in [0.15, 0.2) is 88.2 Å². The molecule has 0 aliphatic heterocycles. The van der Waals surface area contributed by atoms with E-state index < -0.39 is 0 Å². The quantitative estimate of drug-likeness (QED) is 0.466. The molecule has 0 spiro atoms. The Kier molecular flexibility index (Phi) is 5.36. The second-order valence-electron chi connectivity index (χ2n) is 5.12. The van der Waals surface area contributed by atoms with E-state index in [1.807, 2.05) is 11.8 Å². The highest BCUT2D eigenvalue weighted by molar-refractivity contribution is 9.10. The Hall–Kier alpha value is -1.51. The second kappa shape index (κ2) is 7.66. The van der Waals surface area contributed by atoms with Gasteiger partial charge in [0.15, 0.2) is 0 Å². The van der Waals surface area contributed by atoms with E-state index in [2.05, 4.69) is 94.8 Å². The predicted octanol–water partition coefficient (Wildman–Crippen LogP) is 6.45. The van der Waals surface area contributed by atoms with Crippen molar-refractivity contribution in [3.63, 3.8) is 0 Å². The zero-order valence-electron chi connectivity index (χ0n) is 12.2. The van der Waals surface area contributed by atoms with Gasteiger partial charge in [-0.15, -0.1) is 11.8 Å². The summed E-state index contributed by atoms with van der Waals surface area (Å²) in [4.78, 5) is 1.32. The molecule has 3 aromatic carbocycles. The van der Waals surface area contributed by atoms with Gasteiger partial charge in [0, 0.05) is 15.1 Å². The maximum Gasteiger partial charge on any atom is 0.0176 e. The van der Waals surface area contributed by atoms with Crippen molar-refractivity contribution in [2.24, 2.45) is 0 Å². The van der Waals surface area contributed by atoms with Gasteiger partial charge in [-0.3, -0.25) is 0 Å². The first-order valence-electron chi connectivity index (χ1n) is 7.34. The smallest absolute Gasteiger partial charge is 0.0176 e. The van der Waals surface area contributed by atoms with Crippen molar-refractivity contribution in [2.75, 3.05) is 5.75 Å². The minimum atomic E-state index is 1.09. The molecule has 0 saturated heterocycles. The molecule has 110 valence electrons. The highest BCUT2D eigenvalue weighted by Crippen LogP contribution is 2.23. The van der Waals surface area contributed by atoms with Gasteiger partial charge in [-0.2, -0.15) is 0 Å². The van der Waals surface area contributed by atoms with E-state index in [-0.39, 0.29) is 0 Å². The molecular weight excluding hydrogens is 352 g/mol. The first-order chi connectivity index (χ1) is 10.8. The van der Waals surface area contributed by atoms with Crippen LogP contribution >= 0.6 is 27.7 Å². The zero-order chi connectivity index (χ0) is 15.2. The van der Waals surface area contributed by atoms with Gasteiger partial charge in [0.05, 0.1) is 0 Å². The Morgan fingerprint density at radius 2 is 1.32 bits per heavy atom. The normalized spacial score (nSPS) is 10.6. The van der Waals surface area contributed by atoms with E-state index in [1.165, 1.54) is 21.6 Å². The third-order valence-corrected chi connectivity index (χ3v) is 5.08. The summed E-state index contributed by atoms with van der Waals surface area (Å²) >= 11 is 5.37. The molecule has 0 heterocycles. The molecular formula is C20H17BrS. The molecule has 0 radical (unpaired) electrons. The molecule has 0 nitrogen and oxygen atoms in total. The van der Waals surface area contributed by atoms with Crippen molar-refractivity contribution in [1.82, 2.24) is 0 Å². The monoisotopic (exact) mass is 368 g/mol. The topological polar surface area (TPSA) is 0 Å². The molecule has 0 bridgehead atoms. The summed E-state index contributed by atoms with van der Waals surface area (Å²) in [6.07, 6.45) is 1.09. The largest absolute Gasteiger partial charge is 0.126 e. The second-order valence-corrected chi connectivity index (χ2v) is 7.20. The number of aryl methyl sites for hydroxylation is 1. The maximum absolute atomic E-state index is 3.47. The summed E-state index contributed by atoms with van der Waals surface area (Å²) in [5, 5.41) is 0. The fraction of sp³-hybridized carbons (Fsp3) is 0.100. The van der Waals surface area contributed by atoms with Crippen LogP contribution in [0.1, 0.15) is 5.56 Å². The van der Waals surface area contributed by atoms with Crippen LogP contribution in [0.5, 0.6) is 0 Å². The Morgan fingerprint density at radius 3 is 2.00 bits per heavy atom. The van der Waals surface area contributed by atoms with Crippen molar-refractivity contribution < 1.29 is 0 Å². The van der Waals surface area contributed by atoms with Gasteiger partial charge in [0.2, 0.25) is 0 Å². The first-order valence-corrected chi connectivity index (χ1v) is 9.12. The Bertz CT molecular complexity index is 703. The lowest BCUT2D eigenvalue weighted by molar-refractivity contribution is 1.15. The fourth-order valence-corrected chi connectivity index (χ4v) is 3.48. The van der Waals surface area contributed by atoms with Gasteiger partial charge in [0.25, 0.3) is 0 Å². The minimum absolute atomic E-state index is 1.09. The summed E-state index contributed by atoms with van der Waals surface area (Å²) in [7, 11) is 0. The van der Waals surface area contributed by atoms with E-state index in [0.717, 1.165) is 16.6 Å². The molecule has 0 N–H and O–H groups in total. The van der Waals surface area contributed by atoms with E-state index in [1.54, 1.807) is 0 Å². The highest BCUT2D eigenvalue weighted by atomic mass is 79.9. The van der Waals surface area contributed by atoms with Crippen molar-refractivity contribution in [3.05, 3.63) is 88.9 Å². The van der Waals surface area contributed by atoms with Crippen LogP contribution in [0, 0.1) is 0 Å². The van der Waals surface area contributed by atoms with E-state index in [4.69, 9.17) is 0 Å². The third-order valence-electron chi connectivity index (χ3n) is 3.53. The Labute approximate surface area is 144 Å². The zero-order valence-corrected chi connectivity index (χ0v) is 14.6. The van der Waals surface area contributed by atoms with Crippen molar-refractivity contribution in [3.8, 4) is 11.1 Å². The predicted molar refractivity (Wildman–Crippen MR) is 100 cm³/mol. The number of halogens is 1. The molecule has 0 aliphatic carbocycles. The number of hydrogen-bond donors (Lipinski definition) is 0. The van der Waals surface area contributed by atoms with Crippen molar-refractivity contribution in [1.29, 1.82) is 0 Å². The van der Waals surface area contributed by atoms with Crippen LogP contribution in [0.3, 0.4) is 0 Å². The van der Waals surface area contributed by atoms with E-state index in [9.17, 15) is 0 Å². The number of rotatable bonds is 5. The molecule has 22 heavy (non-hydrogen) atoms. The molecule has 0 fully saturated rings. The molecule has 0 aliphatic rings. The van der Waals surface area contributed by atoms with Crippen LogP contribution in [0.25, 0.3) is 11.1 Å². The summed E-state index contributed by atoms with van der Waals surface area (Å²) in [6.45, 7) is 0. The van der Waals surface area contributed by atoms with Crippen LogP contribution in [0.2, 0.25) is 0 Å². The molecule has 0 amide bonds. The van der Waals surface area contributed by atoms with Gasteiger partial charge in [-0.25, -0.2) is 0 Å². The standard InChI is InChI=1S/C20H17BrS/c21-19-10-12-20(13-11-19)22-15-14-16-6-8-18(9-7-16)17-4-2-1-3-5-17/h1-13H,14-15H2. The van der Waals surface area contributed by atoms with Gasteiger partial charge >= 0.3 is 0 Å². The average molecular weight is 369 g/mol. The van der Waals surface area contributed by atoms with Gasteiger partial charge in [0.1, 0.15) is 0 Å². The van der Waals surface area contributed by atoms with Gasteiger partial charge < -0.3 is 0 Å². The molecule has 3 rings (SSSR count). The van der Waals surface area contributed by atoms with E-state index >= 15 is 0 Å². The lowest BCUT2D eigenvalue weighted by Crippen LogP contribution is -1.88. The lowest BCUT2D eigenvalue weighted by atomic mass is 10.0. The number of hydrogen-bond acceptors (Lipinski definition) is 1. The van der Waals surface area contributed by atoms with Crippen LogP contribution in [-0.2, 0) is 6.42 Å². The summed E-state index contributed by atoms with van der Waals surface area (Å²) < 4.78 is 1.13. The molecule has 0 atom stereocenters. The Morgan fingerprint density at radius 1 is 0.682 bits per heavy atom. The average Bonchev–Trinajstić information content (AvgIpc) is 2.58. The SMILES string of the molecule is Brc1ccc(SCCc2ccc(-c3ccccc3)cc2)cc1. The van der Waals surface area contributed by atoms with Crippen LogP contribution in [-0.4, -0.2) is 5.75 Å². The molecule has 0 aromatic heterocycles. The Balaban J connectivity index is 1.56. The maximum atomic E-state index is 3.47. The molecule has 0 saturated carbocycles. The third kappa shape index (κ3) is 4.25. The molecule has 0 unspecified atom stereocenters. The first kappa shape index (κ1) is 15.4. The van der Waals surface area contributed by atoms with Crippen molar-refractivity contribution >= 4 is 27.7 Å². The van der Waals surface area contributed by atoms with Crippen molar-refractivity contribution in [2.45, 2.75) is 11.3 Å². The summed E-state index contributed by atoms with van der Waals surface area (Å²) in [5.74, 6) is 1.10. The molecule has 3 aromatic rings. The summed E-state index contributed by atoms with van der Waals surface area (Å²) in [5.41, 5.74) is 3.95. The van der Waals surface area contributed by atoms with E-state index in [0.29, 0.717) is 0 Å². The number of benzene rings is 3. The van der Waals surface area contributed by atoms with Gasteiger partial charge in [-0.1, -0.05) is 70.5 Å². The van der Waals surface area contributed by atoms with Crippen LogP contribution in [0.4, 0.5) is 0 Å². The fourth-order valence-electron chi connectivity index (χ4n) is 2.31.